The summed E-state index contributed by atoms with van der Waals surface area (Å²) in [5.41, 5.74) is -0.907. The van der Waals surface area contributed by atoms with Gasteiger partial charge in [-0.05, 0) is 0 Å². The molecule has 0 bridgehead atoms. The first kappa shape index (κ1) is 19.8. The van der Waals surface area contributed by atoms with Crippen molar-refractivity contribution in [2.75, 3.05) is 25.4 Å². The third kappa shape index (κ3) is 6.78. The minimum Gasteiger partial charge on any atom is -0.452 e. The molecule has 1 aliphatic rings. The molecule has 0 aliphatic carbocycles. The Balaban J connectivity index is 2.85. The maximum atomic E-state index is 12.3. The standard InChI is InChI=1S/C15H26N2O5S/c1-10-8-12(20)22-13(15(2,3)9-18)14(21)17-5-4-11(19)16-6-7-23-10/h10,13,18H,4-9H2,1-3H3,(H,16,19)(H,17,21)/t10?,13-/m0/s1. The quantitative estimate of drug-likeness (QED) is 0.611. The lowest BCUT2D eigenvalue weighted by Crippen LogP contribution is -2.49. The summed E-state index contributed by atoms with van der Waals surface area (Å²) in [4.78, 5) is 36.0. The van der Waals surface area contributed by atoms with Crippen molar-refractivity contribution in [2.45, 2.75) is 45.0 Å². The molecule has 8 heteroatoms. The van der Waals surface area contributed by atoms with Gasteiger partial charge in [-0.15, -0.1) is 0 Å². The van der Waals surface area contributed by atoms with Crippen LogP contribution in [0.3, 0.4) is 0 Å². The molecule has 1 fully saturated rings. The Morgan fingerprint density at radius 3 is 2.61 bits per heavy atom. The van der Waals surface area contributed by atoms with E-state index in [2.05, 4.69) is 10.6 Å². The van der Waals surface area contributed by atoms with Gasteiger partial charge in [0, 0.05) is 35.9 Å². The molecule has 23 heavy (non-hydrogen) atoms. The van der Waals surface area contributed by atoms with Gasteiger partial charge in [-0.1, -0.05) is 20.8 Å². The highest BCUT2D eigenvalue weighted by atomic mass is 32.2. The van der Waals surface area contributed by atoms with Crippen molar-refractivity contribution in [2.24, 2.45) is 5.41 Å². The molecular weight excluding hydrogens is 320 g/mol. The summed E-state index contributed by atoms with van der Waals surface area (Å²) in [6, 6.07) is 0. The van der Waals surface area contributed by atoms with Crippen LogP contribution in [0.5, 0.6) is 0 Å². The van der Waals surface area contributed by atoms with E-state index in [4.69, 9.17) is 4.74 Å². The highest BCUT2D eigenvalue weighted by Crippen LogP contribution is 2.24. The average molecular weight is 346 g/mol. The third-order valence-electron chi connectivity index (χ3n) is 3.54. The van der Waals surface area contributed by atoms with Gasteiger partial charge < -0.3 is 20.5 Å². The van der Waals surface area contributed by atoms with E-state index in [1.54, 1.807) is 25.6 Å². The molecule has 0 aromatic carbocycles. The van der Waals surface area contributed by atoms with E-state index in [9.17, 15) is 19.5 Å². The Bertz CT molecular complexity index is 442. The van der Waals surface area contributed by atoms with Gasteiger partial charge in [0.2, 0.25) is 5.91 Å². The number of ether oxygens (including phenoxy) is 1. The van der Waals surface area contributed by atoms with Crippen molar-refractivity contribution in [3.05, 3.63) is 0 Å². The van der Waals surface area contributed by atoms with Gasteiger partial charge >= 0.3 is 5.97 Å². The number of thioether (sulfide) groups is 1. The number of hydrogen-bond acceptors (Lipinski definition) is 6. The molecule has 1 saturated heterocycles. The highest BCUT2D eigenvalue weighted by Gasteiger charge is 2.38. The van der Waals surface area contributed by atoms with Crippen molar-refractivity contribution in [3.63, 3.8) is 0 Å². The van der Waals surface area contributed by atoms with E-state index in [1.807, 2.05) is 6.92 Å². The van der Waals surface area contributed by atoms with Crippen molar-refractivity contribution in [1.29, 1.82) is 0 Å². The van der Waals surface area contributed by atoms with Crippen molar-refractivity contribution < 1.29 is 24.2 Å². The molecule has 0 radical (unpaired) electrons. The van der Waals surface area contributed by atoms with Crippen molar-refractivity contribution in [1.82, 2.24) is 10.6 Å². The molecule has 0 aromatic heterocycles. The third-order valence-corrected chi connectivity index (χ3v) is 4.71. The molecule has 1 aliphatic heterocycles. The summed E-state index contributed by atoms with van der Waals surface area (Å²) in [5, 5.41) is 14.9. The molecule has 2 atom stereocenters. The number of carbonyl (C=O) groups is 3. The Morgan fingerprint density at radius 2 is 1.96 bits per heavy atom. The van der Waals surface area contributed by atoms with Crippen LogP contribution in [0.1, 0.15) is 33.6 Å². The molecule has 0 aromatic rings. The fraction of sp³-hybridized carbons (Fsp3) is 0.800. The van der Waals surface area contributed by atoms with E-state index in [0.29, 0.717) is 12.3 Å². The summed E-state index contributed by atoms with van der Waals surface area (Å²) in [6.45, 7) is 5.58. The van der Waals surface area contributed by atoms with Crippen LogP contribution >= 0.6 is 11.8 Å². The van der Waals surface area contributed by atoms with Crippen LogP contribution in [0, 0.1) is 5.41 Å². The predicted molar refractivity (Wildman–Crippen MR) is 87.9 cm³/mol. The van der Waals surface area contributed by atoms with Crippen LogP contribution in [0.15, 0.2) is 0 Å². The zero-order valence-corrected chi connectivity index (χ0v) is 14.7. The summed E-state index contributed by atoms with van der Waals surface area (Å²) in [5.74, 6) is -0.390. The summed E-state index contributed by atoms with van der Waals surface area (Å²) >= 11 is 1.56. The maximum absolute atomic E-state index is 12.3. The van der Waals surface area contributed by atoms with Gasteiger partial charge in [-0.2, -0.15) is 11.8 Å². The van der Waals surface area contributed by atoms with Crippen molar-refractivity contribution in [3.8, 4) is 0 Å². The fourth-order valence-electron chi connectivity index (χ4n) is 2.05. The fourth-order valence-corrected chi connectivity index (χ4v) is 2.93. The van der Waals surface area contributed by atoms with Gasteiger partial charge in [-0.25, -0.2) is 0 Å². The van der Waals surface area contributed by atoms with Crippen LogP contribution < -0.4 is 10.6 Å². The predicted octanol–water partition coefficient (Wildman–Crippen LogP) is 0.0646. The van der Waals surface area contributed by atoms with Gasteiger partial charge in [0.1, 0.15) is 0 Å². The van der Waals surface area contributed by atoms with Gasteiger partial charge in [0.25, 0.3) is 5.91 Å². The second kappa shape index (κ2) is 9.12. The molecule has 2 amide bonds. The van der Waals surface area contributed by atoms with Crippen molar-refractivity contribution >= 4 is 29.5 Å². The number of hydrogen-bond donors (Lipinski definition) is 3. The molecule has 1 heterocycles. The second-order valence-corrected chi connectivity index (χ2v) is 7.84. The monoisotopic (exact) mass is 346 g/mol. The van der Waals surface area contributed by atoms with Gasteiger partial charge in [0.15, 0.2) is 6.10 Å². The number of aliphatic hydroxyl groups is 1. The number of nitrogens with one attached hydrogen (secondary N) is 2. The van der Waals surface area contributed by atoms with E-state index >= 15 is 0 Å². The number of esters is 1. The first-order chi connectivity index (χ1) is 10.8. The largest absolute Gasteiger partial charge is 0.452 e. The first-order valence-corrected chi connectivity index (χ1v) is 8.77. The van der Waals surface area contributed by atoms with Crippen LogP contribution in [-0.4, -0.2) is 59.7 Å². The van der Waals surface area contributed by atoms with Crippen LogP contribution in [0.25, 0.3) is 0 Å². The second-order valence-electron chi connectivity index (χ2n) is 6.29. The number of cyclic esters (lactones) is 1. The number of rotatable bonds is 2. The lowest BCUT2D eigenvalue weighted by molar-refractivity contribution is -0.165. The molecule has 3 N–H and O–H groups in total. The van der Waals surface area contributed by atoms with E-state index in [1.165, 1.54) is 0 Å². The first-order valence-electron chi connectivity index (χ1n) is 7.72. The molecular formula is C15H26N2O5S. The highest BCUT2D eigenvalue weighted by molar-refractivity contribution is 7.99. The molecule has 132 valence electrons. The Morgan fingerprint density at radius 1 is 1.26 bits per heavy atom. The van der Waals surface area contributed by atoms with E-state index in [-0.39, 0.29) is 37.2 Å². The summed E-state index contributed by atoms with van der Waals surface area (Å²) < 4.78 is 5.34. The molecule has 0 spiro atoms. The average Bonchev–Trinajstić information content (AvgIpc) is 2.48. The summed E-state index contributed by atoms with van der Waals surface area (Å²) in [6.07, 6.45) is -0.765. The Hall–Kier alpha value is -1.28. The number of aliphatic hydroxyl groups excluding tert-OH is 1. The maximum Gasteiger partial charge on any atom is 0.307 e. The Kier molecular flexibility index (Phi) is 7.84. The lowest BCUT2D eigenvalue weighted by atomic mass is 9.86. The van der Waals surface area contributed by atoms with E-state index in [0.717, 1.165) is 0 Å². The van der Waals surface area contributed by atoms with E-state index < -0.39 is 23.4 Å². The molecule has 1 rings (SSSR count). The molecule has 1 unspecified atom stereocenters. The molecule has 7 nitrogen and oxygen atoms in total. The Labute approximate surface area is 140 Å². The minimum absolute atomic E-state index is 0.0169. The van der Waals surface area contributed by atoms with Gasteiger partial charge in [0.05, 0.1) is 13.0 Å². The lowest BCUT2D eigenvalue weighted by Gasteiger charge is -2.31. The zero-order chi connectivity index (χ0) is 17.5. The molecule has 0 saturated carbocycles. The topological polar surface area (TPSA) is 105 Å². The van der Waals surface area contributed by atoms with Crippen LogP contribution in [0.2, 0.25) is 0 Å². The van der Waals surface area contributed by atoms with Gasteiger partial charge in [-0.3, -0.25) is 14.4 Å². The number of carbonyl (C=O) groups excluding carboxylic acids is 3. The van der Waals surface area contributed by atoms with Crippen LogP contribution in [0.4, 0.5) is 0 Å². The SMILES string of the molecule is CC1CC(=O)O[C@H](C(C)(C)CO)C(=O)NCCC(=O)NCCS1. The zero-order valence-electron chi connectivity index (χ0n) is 13.9. The summed E-state index contributed by atoms with van der Waals surface area (Å²) in [7, 11) is 0. The smallest absolute Gasteiger partial charge is 0.307 e. The minimum atomic E-state index is -1.09. The number of amides is 2. The normalized spacial score (nSPS) is 25.8. The van der Waals surface area contributed by atoms with Crippen LogP contribution in [-0.2, 0) is 19.1 Å².